The third-order valence-electron chi connectivity index (χ3n) is 2.40. The minimum atomic E-state index is 0.209. The lowest BCUT2D eigenvalue weighted by atomic mass is 9.83. The molecule has 2 heteroatoms. The first-order chi connectivity index (χ1) is 4.54. The summed E-state index contributed by atoms with van der Waals surface area (Å²) in [6, 6.07) is 0.259. The van der Waals surface area contributed by atoms with Crippen molar-refractivity contribution in [2.24, 2.45) is 5.41 Å². The normalized spacial score (nSPS) is 14.4. The molecule has 60 valence electrons. The lowest BCUT2D eigenvalue weighted by Crippen LogP contribution is -2.38. The summed E-state index contributed by atoms with van der Waals surface area (Å²) in [5.41, 5.74) is 0.209. The molecule has 0 bridgehead atoms. The Labute approximate surface area is 63.0 Å². The topological polar surface area (TPSA) is 29.1 Å². The van der Waals surface area contributed by atoms with E-state index in [1.54, 1.807) is 0 Å². The molecule has 0 heterocycles. The molecule has 0 aliphatic carbocycles. The van der Waals surface area contributed by atoms with Crippen LogP contribution < -0.4 is 5.32 Å². The first-order valence-corrected chi connectivity index (χ1v) is 3.74. The third kappa shape index (κ3) is 2.38. The second-order valence-corrected chi connectivity index (χ2v) is 3.35. The van der Waals surface area contributed by atoms with E-state index in [0.29, 0.717) is 0 Å². The Morgan fingerprint density at radius 1 is 1.60 bits per heavy atom. The summed E-state index contributed by atoms with van der Waals surface area (Å²) in [4.78, 5) is 10.1. The van der Waals surface area contributed by atoms with Crippen LogP contribution in [0.1, 0.15) is 34.1 Å². The van der Waals surface area contributed by atoms with E-state index < -0.39 is 0 Å². The zero-order valence-electron chi connectivity index (χ0n) is 7.27. The minimum Gasteiger partial charge on any atom is -0.356 e. The molecular formula is C8H17NO. The number of nitrogens with one attached hydrogen (secondary N) is 1. The van der Waals surface area contributed by atoms with Gasteiger partial charge in [-0.15, -0.1) is 0 Å². The summed E-state index contributed by atoms with van der Waals surface area (Å²) in [6.45, 7) is 8.45. The van der Waals surface area contributed by atoms with E-state index in [1.807, 2.05) is 6.92 Å². The third-order valence-corrected chi connectivity index (χ3v) is 2.40. The van der Waals surface area contributed by atoms with Crippen molar-refractivity contribution >= 4 is 6.41 Å². The van der Waals surface area contributed by atoms with Gasteiger partial charge in [-0.05, 0) is 18.8 Å². The maximum atomic E-state index is 10.1. The molecule has 1 amide bonds. The average Bonchev–Trinajstić information content (AvgIpc) is 1.89. The number of rotatable bonds is 4. The van der Waals surface area contributed by atoms with Crippen LogP contribution in [-0.4, -0.2) is 12.5 Å². The molecule has 0 fully saturated rings. The molecule has 2 nitrogen and oxygen atoms in total. The number of carbonyl (C=O) groups is 1. The molecule has 1 N–H and O–H groups in total. The first kappa shape index (κ1) is 9.47. The van der Waals surface area contributed by atoms with Crippen LogP contribution in [0.3, 0.4) is 0 Å². The van der Waals surface area contributed by atoms with Crippen molar-refractivity contribution in [2.75, 3.05) is 0 Å². The molecule has 1 unspecified atom stereocenters. The van der Waals surface area contributed by atoms with Crippen molar-refractivity contribution < 1.29 is 4.79 Å². The summed E-state index contributed by atoms with van der Waals surface area (Å²) in [5.74, 6) is 0. The molecule has 0 aromatic rings. The van der Waals surface area contributed by atoms with Gasteiger partial charge in [-0.1, -0.05) is 20.8 Å². The van der Waals surface area contributed by atoms with E-state index >= 15 is 0 Å². The molecule has 0 aromatic carbocycles. The SMILES string of the molecule is CCC(C)(C)C(C)NC=O. The van der Waals surface area contributed by atoms with Gasteiger partial charge in [0.25, 0.3) is 0 Å². The number of hydrogen-bond acceptors (Lipinski definition) is 1. The smallest absolute Gasteiger partial charge is 0.207 e. The quantitative estimate of drug-likeness (QED) is 0.594. The van der Waals surface area contributed by atoms with Crippen molar-refractivity contribution in [3.8, 4) is 0 Å². The van der Waals surface area contributed by atoms with Crippen LogP contribution in [0.5, 0.6) is 0 Å². The molecule has 0 radical (unpaired) electrons. The highest BCUT2D eigenvalue weighted by Gasteiger charge is 2.22. The highest BCUT2D eigenvalue weighted by molar-refractivity contribution is 5.46. The van der Waals surface area contributed by atoms with Crippen LogP contribution in [-0.2, 0) is 4.79 Å². The van der Waals surface area contributed by atoms with Crippen molar-refractivity contribution in [1.82, 2.24) is 5.32 Å². The van der Waals surface area contributed by atoms with Crippen molar-refractivity contribution in [2.45, 2.75) is 40.2 Å². The summed E-state index contributed by atoms with van der Waals surface area (Å²) < 4.78 is 0. The second kappa shape index (κ2) is 3.59. The van der Waals surface area contributed by atoms with Gasteiger partial charge >= 0.3 is 0 Å². The number of amides is 1. The van der Waals surface area contributed by atoms with Gasteiger partial charge in [0.2, 0.25) is 6.41 Å². The van der Waals surface area contributed by atoms with Gasteiger partial charge in [0, 0.05) is 6.04 Å². The highest BCUT2D eigenvalue weighted by Crippen LogP contribution is 2.23. The molecule has 1 atom stereocenters. The Hall–Kier alpha value is -0.530. The lowest BCUT2D eigenvalue weighted by molar-refractivity contribution is -0.110. The van der Waals surface area contributed by atoms with Gasteiger partial charge in [-0.25, -0.2) is 0 Å². The van der Waals surface area contributed by atoms with E-state index in [0.717, 1.165) is 12.8 Å². The lowest BCUT2D eigenvalue weighted by Gasteiger charge is -2.29. The van der Waals surface area contributed by atoms with Gasteiger partial charge in [-0.3, -0.25) is 4.79 Å². The maximum Gasteiger partial charge on any atom is 0.207 e. The molecule has 0 rings (SSSR count). The molecule has 0 spiro atoms. The fourth-order valence-electron chi connectivity index (χ4n) is 0.634. The monoisotopic (exact) mass is 143 g/mol. The molecule has 0 aliphatic rings. The van der Waals surface area contributed by atoms with E-state index in [4.69, 9.17) is 0 Å². The zero-order valence-corrected chi connectivity index (χ0v) is 7.27. The second-order valence-electron chi connectivity index (χ2n) is 3.35. The summed E-state index contributed by atoms with van der Waals surface area (Å²) in [7, 11) is 0. The Bertz CT molecular complexity index is 110. The van der Waals surface area contributed by atoms with Crippen LogP contribution in [0.2, 0.25) is 0 Å². The van der Waals surface area contributed by atoms with Crippen LogP contribution in [0.4, 0.5) is 0 Å². The summed E-state index contributed by atoms with van der Waals surface area (Å²) in [6.07, 6.45) is 1.84. The predicted molar refractivity (Wildman–Crippen MR) is 42.7 cm³/mol. The van der Waals surface area contributed by atoms with E-state index in [2.05, 4.69) is 26.1 Å². The standard InChI is InChI=1S/C8H17NO/c1-5-8(3,4)7(2)9-6-10/h6-7H,5H2,1-4H3,(H,9,10). The number of carbonyl (C=O) groups excluding carboxylic acids is 1. The zero-order chi connectivity index (χ0) is 8.20. The van der Waals surface area contributed by atoms with Crippen LogP contribution in [0, 0.1) is 5.41 Å². The molecule has 0 saturated heterocycles. The van der Waals surface area contributed by atoms with E-state index in [9.17, 15) is 4.79 Å². The van der Waals surface area contributed by atoms with Gasteiger partial charge in [-0.2, -0.15) is 0 Å². The van der Waals surface area contributed by atoms with Crippen molar-refractivity contribution in [3.05, 3.63) is 0 Å². The van der Waals surface area contributed by atoms with Crippen molar-refractivity contribution in [1.29, 1.82) is 0 Å². The first-order valence-electron chi connectivity index (χ1n) is 3.74. The Balaban J connectivity index is 3.89. The van der Waals surface area contributed by atoms with Crippen LogP contribution in [0.25, 0.3) is 0 Å². The summed E-state index contributed by atoms with van der Waals surface area (Å²) >= 11 is 0. The largest absolute Gasteiger partial charge is 0.356 e. The summed E-state index contributed by atoms with van der Waals surface area (Å²) in [5, 5.41) is 2.76. The van der Waals surface area contributed by atoms with E-state index in [1.165, 1.54) is 0 Å². The van der Waals surface area contributed by atoms with Crippen LogP contribution >= 0.6 is 0 Å². The van der Waals surface area contributed by atoms with Crippen LogP contribution in [0.15, 0.2) is 0 Å². The molecule has 0 saturated carbocycles. The fourth-order valence-corrected chi connectivity index (χ4v) is 0.634. The van der Waals surface area contributed by atoms with Crippen molar-refractivity contribution in [3.63, 3.8) is 0 Å². The molecule has 0 aromatic heterocycles. The maximum absolute atomic E-state index is 10.1. The van der Waals surface area contributed by atoms with Gasteiger partial charge in [0.05, 0.1) is 0 Å². The Kier molecular flexibility index (Phi) is 3.40. The van der Waals surface area contributed by atoms with Gasteiger partial charge < -0.3 is 5.32 Å². The highest BCUT2D eigenvalue weighted by atomic mass is 16.1. The van der Waals surface area contributed by atoms with Gasteiger partial charge in [0.15, 0.2) is 0 Å². The fraction of sp³-hybridized carbons (Fsp3) is 0.875. The number of hydrogen-bond donors (Lipinski definition) is 1. The van der Waals surface area contributed by atoms with E-state index in [-0.39, 0.29) is 11.5 Å². The average molecular weight is 143 g/mol. The molecule has 10 heavy (non-hydrogen) atoms. The minimum absolute atomic E-state index is 0.209. The molecule has 0 aliphatic heterocycles. The Morgan fingerprint density at radius 2 is 2.10 bits per heavy atom. The Morgan fingerprint density at radius 3 is 2.40 bits per heavy atom. The van der Waals surface area contributed by atoms with Gasteiger partial charge in [0.1, 0.15) is 0 Å². The predicted octanol–water partition coefficient (Wildman–Crippen LogP) is 1.56. The molecular weight excluding hydrogens is 126 g/mol.